The number of rotatable bonds is 5. The van der Waals surface area contributed by atoms with Crippen LogP contribution < -0.4 is 5.32 Å². The Bertz CT molecular complexity index is 1020. The molecule has 0 bridgehead atoms. The Morgan fingerprint density at radius 1 is 0.889 bits per heavy atom. The van der Waals surface area contributed by atoms with Gasteiger partial charge in [0.05, 0.1) is 5.56 Å². The van der Waals surface area contributed by atoms with Gasteiger partial charge in [-0.1, -0.05) is 30.3 Å². The average Bonchev–Trinajstić information content (AvgIpc) is 2.83. The largest absolute Gasteiger partial charge is 0.490 e. The van der Waals surface area contributed by atoms with Crippen molar-refractivity contribution in [2.45, 2.75) is 18.9 Å². The highest BCUT2D eigenvalue weighted by Crippen LogP contribution is 2.29. The summed E-state index contributed by atoms with van der Waals surface area (Å²) in [6, 6.07) is 13.2. The van der Waals surface area contributed by atoms with Crippen LogP contribution in [0.1, 0.15) is 21.5 Å². The van der Waals surface area contributed by atoms with Crippen molar-refractivity contribution in [3.05, 3.63) is 71.3 Å². The minimum Gasteiger partial charge on any atom is -0.475 e. The second-order valence-corrected chi connectivity index (χ2v) is 7.66. The molecule has 2 aromatic carbocycles. The molecule has 2 aromatic rings. The summed E-state index contributed by atoms with van der Waals surface area (Å²) in [5, 5.41) is 10.3. The lowest BCUT2D eigenvalue weighted by atomic mass is 10.1. The molecule has 0 aromatic heterocycles. The number of aliphatic carboxylic acids is 1. The van der Waals surface area contributed by atoms with Gasteiger partial charge in [0, 0.05) is 38.3 Å². The zero-order valence-electron chi connectivity index (χ0n) is 18.8. The number of nitrogens with one attached hydrogen (secondary N) is 1. The molecule has 1 aliphatic heterocycles. The Morgan fingerprint density at radius 2 is 1.42 bits per heavy atom. The van der Waals surface area contributed by atoms with Crippen molar-refractivity contribution in [1.29, 1.82) is 0 Å². The van der Waals surface area contributed by atoms with E-state index in [0.29, 0.717) is 26.2 Å². The van der Waals surface area contributed by atoms with Crippen LogP contribution in [-0.2, 0) is 22.3 Å². The molecule has 0 radical (unpaired) electrons. The molecule has 3 rings (SSSR count). The van der Waals surface area contributed by atoms with Crippen LogP contribution in [0.2, 0.25) is 0 Å². The SMILES string of the molecule is O=C(CN(Cc1ccccc1)C(=O)c1ccc(C(F)(F)F)cc1)N1CCNCC1.O=C(O)C(F)(F)F. The Balaban J connectivity index is 0.000000572. The van der Waals surface area contributed by atoms with Gasteiger partial charge in [-0.25, -0.2) is 4.79 Å². The van der Waals surface area contributed by atoms with Gasteiger partial charge in [-0.05, 0) is 29.8 Å². The van der Waals surface area contributed by atoms with Crippen molar-refractivity contribution in [2.75, 3.05) is 32.7 Å². The molecular weight excluding hydrogens is 496 g/mol. The van der Waals surface area contributed by atoms with E-state index in [1.807, 2.05) is 30.3 Å². The number of carboxylic acids is 1. The van der Waals surface area contributed by atoms with Crippen molar-refractivity contribution in [3.8, 4) is 0 Å². The van der Waals surface area contributed by atoms with Crippen molar-refractivity contribution < 1.29 is 45.8 Å². The summed E-state index contributed by atoms with van der Waals surface area (Å²) >= 11 is 0. The predicted octanol–water partition coefficient (Wildman–Crippen LogP) is 3.41. The van der Waals surface area contributed by atoms with Gasteiger partial charge in [0.25, 0.3) is 5.91 Å². The van der Waals surface area contributed by atoms with Crippen molar-refractivity contribution in [3.63, 3.8) is 0 Å². The predicted molar refractivity (Wildman–Crippen MR) is 116 cm³/mol. The Labute approximate surface area is 202 Å². The topological polar surface area (TPSA) is 90.0 Å². The maximum absolute atomic E-state index is 13.0. The van der Waals surface area contributed by atoms with E-state index in [2.05, 4.69) is 5.32 Å². The molecule has 2 N–H and O–H groups in total. The van der Waals surface area contributed by atoms with Gasteiger partial charge in [-0.2, -0.15) is 26.3 Å². The lowest BCUT2D eigenvalue weighted by molar-refractivity contribution is -0.192. The fraction of sp³-hybridized carbons (Fsp3) is 0.348. The lowest BCUT2D eigenvalue weighted by Gasteiger charge is -2.30. The smallest absolute Gasteiger partial charge is 0.475 e. The van der Waals surface area contributed by atoms with Crippen molar-refractivity contribution in [2.24, 2.45) is 0 Å². The van der Waals surface area contributed by atoms with E-state index in [1.54, 1.807) is 4.90 Å². The summed E-state index contributed by atoms with van der Waals surface area (Å²) in [5.41, 5.74) is 0.128. The molecule has 1 heterocycles. The van der Waals surface area contributed by atoms with Crippen LogP contribution in [0.15, 0.2) is 54.6 Å². The van der Waals surface area contributed by atoms with Crippen LogP contribution >= 0.6 is 0 Å². The van der Waals surface area contributed by atoms with Crippen molar-refractivity contribution in [1.82, 2.24) is 15.1 Å². The van der Waals surface area contributed by atoms with Crippen LogP contribution in [0.25, 0.3) is 0 Å². The first-order valence-corrected chi connectivity index (χ1v) is 10.6. The molecule has 13 heteroatoms. The molecule has 0 atom stereocenters. The Morgan fingerprint density at radius 3 is 1.89 bits per heavy atom. The molecular formula is C23H23F6N3O4. The number of hydrogen-bond donors (Lipinski definition) is 2. The van der Waals surface area contributed by atoms with Gasteiger partial charge < -0.3 is 20.2 Å². The van der Waals surface area contributed by atoms with Gasteiger partial charge in [-0.3, -0.25) is 9.59 Å². The van der Waals surface area contributed by atoms with E-state index in [4.69, 9.17) is 9.90 Å². The first kappa shape index (κ1) is 28.6. The number of carboxylic acid groups (broad SMARTS) is 1. The molecule has 0 unspecified atom stereocenters. The van der Waals surface area contributed by atoms with Crippen LogP contribution in [-0.4, -0.2) is 71.6 Å². The minimum atomic E-state index is -5.08. The number of carbonyl (C=O) groups is 3. The molecule has 7 nitrogen and oxygen atoms in total. The maximum atomic E-state index is 13.0. The molecule has 1 aliphatic rings. The van der Waals surface area contributed by atoms with E-state index < -0.39 is 29.8 Å². The standard InChI is InChI=1S/C21H22F3N3O2.C2HF3O2/c22-21(23,24)18-8-6-17(7-9-18)20(29)27(14-16-4-2-1-3-5-16)15-19(28)26-12-10-25-11-13-26;3-2(4,5)1(6)7/h1-9,25H,10-15H2;(H,6,7). The summed E-state index contributed by atoms with van der Waals surface area (Å²) in [6.07, 6.45) is -9.55. The van der Waals surface area contributed by atoms with E-state index >= 15 is 0 Å². The third-order valence-corrected chi connectivity index (χ3v) is 5.00. The number of nitrogens with zero attached hydrogens (tertiary/aromatic N) is 2. The lowest BCUT2D eigenvalue weighted by Crippen LogP contribution is -2.50. The highest BCUT2D eigenvalue weighted by Gasteiger charge is 2.38. The van der Waals surface area contributed by atoms with Gasteiger partial charge in [0.1, 0.15) is 6.54 Å². The number of benzene rings is 2. The summed E-state index contributed by atoms with van der Waals surface area (Å²) in [6.45, 7) is 2.57. The molecule has 0 aliphatic carbocycles. The van der Waals surface area contributed by atoms with Crippen molar-refractivity contribution >= 4 is 17.8 Å². The first-order valence-electron chi connectivity index (χ1n) is 10.6. The zero-order chi connectivity index (χ0) is 26.9. The zero-order valence-corrected chi connectivity index (χ0v) is 18.8. The molecule has 36 heavy (non-hydrogen) atoms. The summed E-state index contributed by atoms with van der Waals surface area (Å²) in [5.74, 6) is -3.42. The van der Waals surface area contributed by atoms with Gasteiger partial charge >= 0.3 is 18.3 Å². The number of alkyl halides is 6. The molecule has 2 amide bonds. The number of carbonyl (C=O) groups excluding carboxylic acids is 2. The summed E-state index contributed by atoms with van der Waals surface area (Å²) in [7, 11) is 0. The Hall–Kier alpha value is -3.61. The highest BCUT2D eigenvalue weighted by atomic mass is 19.4. The number of halogens is 6. The fourth-order valence-corrected chi connectivity index (χ4v) is 3.17. The molecule has 1 fully saturated rings. The third kappa shape index (κ3) is 8.87. The molecule has 0 spiro atoms. The third-order valence-electron chi connectivity index (χ3n) is 5.00. The van der Waals surface area contributed by atoms with E-state index in [9.17, 15) is 35.9 Å². The van der Waals surface area contributed by atoms with Crippen LogP contribution in [0.3, 0.4) is 0 Å². The monoisotopic (exact) mass is 519 g/mol. The second-order valence-electron chi connectivity index (χ2n) is 7.66. The van der Waals surface area contributed by atoms with Crippen LogP contribution in [0.4, 0.5) is 26.3 Å². The van der Waals surface area contributed by atoms with E-state index in [1.165, 1.54) is 4.90 Å². The first-order chi connectivity index (χ1) is 16.8. The van der Waals surface area contributed by atoms with Crippen LogP contribution in [0, 0.1) is 0 Å². The maximum Gasteiger partial charge on any atom is 0.490 e. The quantitative estimate of drug-likeness (QED) is 0.592. The molecule has 1 saturated heterocycles. The van der Waals surface area contributed by atoms with E-state index in [-0.39, 0.29) is 24.6 Å². The summed E-state index contributed by atoms with van der Waals surface area (Å²) < 4.78 is 70.1. The second kappa shape index (κ2) is 12.4. The average molecular weight is 519 g/mol. The number of hydrogen-bond acceptors (Lipinski definition) is 4. The van der Waals surface area contributed by atoms with Gasteiger partial charge in [-0.15, -0.1) is 0 Å². The fourth-order valence-electron chi connectivity index (χ4n) is 3.17. The van der Waals surface area contributed by atoms with Gasteiger partial charge in [0.15, 0.2) is 0 Å². The highest BCUT2D eigenvalue weighted by molar-refractivity contribution is 5.96. The van der Waals surface area contributed by atoms with Crippen LogP contribution in [0.5, 0.6) is 0 Å². The number of amides is 2. The minimum absolute atomic E-state index is 0.113. The normalized spacial score (nSPS) is 13.9. The van der Waals surface area contributed by atoms with Gasteiger partial charge in [0.2, 0.25) is 5.91 Å². The Kier molecular flexibility index (Phi) is 9.84. The molecule has 0 saturated carbocycles. The number of piperazine rings is 1. The summed E-state index contributed by atoms with van der Waals surface area (Å²) in [4.78, 5) is 37.6. The molecule has 196 valence electrons. The van der Waals surface area contributed by atoms with E-state index in [0.717, 1.165) is 29.8 Å².